The van der Waals surface area contributed by atoms with Crippen LogP contribution in [-0.2, 0) is 4.74 Å². The second-order valence-corrected chi connectivity index (χ2v) is 17.2. The number of piperidine rings is 1. The second-order valence-electron chi connectivity index (χ2n) is 15.7. The molecule has 0 spiro atoms. The highest BCUT2D eigenvalue weighted by molar-refractivity contribution is 7.23. The number of alkyl halides is 3. The van der Waals surface area contributed by atoms with Crippen LogP contribution in [0.4, 0.5) is 37.6 Å². The van der Waals surface area contributed by atoms with Crippen molar-refractivity contribution in [2.45, 2.75) is 56.3 Å². The van der Waals surface area contributed by atoms with E-state index in [0.717, 1.165) is 54.4 Å². The predicted octanol–water partition coefficient (Wildman–Crippen LogP) is 7.21. The molecule has 13 nitrogen and oxygen atoms in total. The minimum atomic E-state index is -2.90. The zero-order valence-electron chi connectivity index (χ0n) is 31.7. The van der Waals surface area contributed by atoms with Crippen molar-refractivity contribution >= 4 is 60.8 Å². The van der Waals surface area contributed by atoms with Crippen LogP contribution in [0, 0.1) is 34.8 Å². The number of carbonyl (C=O) groups is 1. The Hall–Kier alpha value is -4.90. The summed E-state index contributed by atoms with van der Waals surface area (Å²) >= 11 is 7.83. The minimum absolute atomic E-state index is 0.000203. The van der Waals surface area contributed by atoms with Crippen molar-refractivity contribution in [1.29, 1.82) is 5.26 Å². The van der Waals surface area contributed by atoms with Gasteiger partial charge in [0.25, 0.3) is 6.43 Å². The van der Waals surface area contributed by atoms with E-state index in [4.69, 9.17) is 31.8 Å². The lowest BCUT2D eigenvalue weighted by Crippen LogP contribution is -2.56. The summed E-state index contributed by atoms with van der Waals surface area (Å²) in [7, 11) is 1.50. The topological polar surface area (TPSA) is 152 Å². The fourth-order valence-corrected chi connectivity index (χ4v) is 11.2. The van der Waals surface area contributed by atoms with Crippen molar-refractivity contribution in [3.05, 3.63) is 52.3 Å². The van der Waals surface area contributed by atoms with Crippen LogP contribution in [-0.4, -0.2) is 112 Å². The molecule has 2 bridgehead atoms. The number of halogens is 6. The Morgan fingerprint density at radius 2 is 1.98 bits per heavy atom. The van der Waals surface area contributed by atoms with Gasteiger partial charge in [-0.3, -0.25) is 4.90 Å². The van der Waals surface area contributed by atoms with Gasteiger partial charge in [0.1, 0.15) is 46.7 Å². The summed E-state index contributed by atoms with van der Waals surface area (Å²) in [5.74, 6) is -1.40. The maximum atomic E-state index is 17.3. The van der Waals surface area contributed by atoms with Gasteiger partial charge < -0.3 is 25.0 Å². The van der Waals surface area contributed by atoms with Gasteiger partial charge >= 0.3 is 12.0 Å². The van der Waals surface area contributed by atoms with Crippen molar-refractivity contribution in [2.24, 2.45) is 11.8 Å². The van der Waals surface area contributed by atoms with Crippen LogP contribution in [0.2, 0.25) is 5.02 Å². The highest BCUT2D eigenvalue weighted by Gasteiger charge is 2.50. The zero-order valence-corrected chi connectivity index (χ0v) is 33.3. The van der Waals surface area contributed by atoms with Gasteiger partial charge in [0, 0.05) is 62.1 Å². The summed E-state index contributed by atoms with van der Waals surface area (Å²) in [6.45, 7) is 2.22. The average molecular weight is 857 g/mol. The lowest BCUT2D eigenvalue weighted by atomic mass is 9.90. The van der Waals surface area contributed by atoms with E-state index in [1.54, 1.807) is 11.0 Å². The molecule has 1 saturated carbocycles. The van der Waals surface area contributed by atoms with E-state index >= 15 is 8.78 Å². The Morgan fingerprint density at radius 3 is 2.69 bits per heavy atom. The van der Waals surface area contributed by atoms with Crippen LogP contribution < -0.4 is 15.4 Å². The summed E-state index contributed by atoms with van der Waals surface area (Å²) in [6.07, 6.45) is 0.373. The number of nitrogens with two attached hydrogens (primary N) is 1. The smallest absolute Gasteiger partial charge is 0.346 e. The van der Waals surface area contributed by atoms with E-state index < -0.39 is 41.5 Å². The molecule has 2 unspecified atom stereocenters. The third-order valence-corrected chi connectivity index (χ3v) is 13.8. The van der Waals surface area contributed by atoms with Gasteiger partial charge in [-0.2, -0.15) is 19.9 Å². The number of nitrogens with zero attached hydrogens (tertiary/aromatic N) is 9. The summed E-state index contributed by atoms with van der Waals surface area (Å²) in [4.78, 5) is 29.0. The maximum absolute atomic E-state index is 17.3. The third-order valence-electron chi connectivity index (χ3n) is 12.4. The molecule has 2 N–H and O–H groups in total. The van der Waals surface area contributed by atoms with Crippen molar-refractivity contribution in [3.8, 4) is 23.2 Å². The van der Waals surface area contributed by atoms with Gasteiger partial charge in [-0.25, -0.2) is 26.7 Å². The molecule has 5 aromatic rings. The number of carbonyl (C=O) groups excluding carboxylic acids is 1. The Balaban J connectivity index is 1.12. The summed E-state index contributed by atoms with van der Waals surface area (Å²) in [5.41, 5.74) is 4.86. The number of nitrogen functional groups attached to an aromatic ring is 1. The minimum Gasteiger partial charge on any atom is -0.461 e. The number of nitriles is 1. The number of methoxy groups -OCH3 is 1. The quantitative estimate of drug-likeness (QED) is 0.142. The zero-order chi connectivity index (χ0) is 41.3. The van der Waals surface area contributed by atoms with Crippen LogP contribution in [0.1, 0.15) is 49.8 Å². The van der Waals surface area contributed by atoms with Gasteiger partial charge in [-0.1, -0.05) is 22.9 Å². The van der Waals surface area contributed by atoms with Crippen LogP contribution in [0.25, 0.3) is 32.1 Å². The van der Waals surface area contributed by atoms with Crippen LogP contribution in [0.3, 0.4) is 0 Å². The largest absolute Gasteiger partial charge is 0.461 e. The molecule has 9 rings (SSSR count). The molecule has 3 saturated heterocycles. The van der Waals surface area contributed by atoms with Gasteiger partial charge in [-0.05, 0) is 61.8 Å². The van der Waals surface area contributed by atoms with Crippen molar-refractivity contribution in [3.63, 3.8) is 0 Å². The first-order chi connectivity index (χ1) is 28.4. The molecule has 3 aromatic heterocycles. The summed E-state index contributed by atoms with van der Waals surface area (Å²) in [6, 6.07) is 5.03. The molecular weight excluding hydrogens is 819 g/mol. The van der Waals surface area contributed by atoms with E-state index in [9.17, 15) is 23.2 Å². The van der Waals surface area contributed by atoms with Crippen molar-refractivity contribution in [1.82, 2.24) is 34.8 Å². The van der Waals surface area contributed by atoms with Gasteiger partial charge in [0.15, 0.2) is 5.82 Å². The normalized spacial score (nSPS) is 24.1. The number of hydrogen-bond donors (Lipinski definition) is 1. The number of thiophene rings is 1. The average Bonchev–Trinajstić information content (AvgIpc) is 4.03. The number of anilines is 2. The lowest BCUT2D eigenvalue weighted by molar-refractivity contribution is 0.0942. The van der Waals surface area contributed by atoms with E-state index in [1.165, 1.54) is 19.2 Å². The SMILES string of the molecule is COCCN(C(=O)n1cc(C(F)F)nn1)C1C2CCC1CN(c1nc(OC[C@@]34CCCN3C[C@H](F)C4)nc3c(F)c(-c4ccc(F)c5sc(N)c(C#N)c45)c(Cl)cc13)C2. The molecule has 59 heavy (non-hydrogen) atoms. The number of aromatic nitrogens is 5. The molecule has 0 radical (unpaired) electrons. The molecule has 1 amide bonds. The number of amides is 1. The van der Waals surface area contributed by atoms with Crippen LogP contribution in [0.5, 0.6) is 6.01 Å². The highest BCUT2D eigenvalue weighted by atomic mass is 35.5. The highest BCUT2D eigenvalue weighted by Crippen LogP contribution is 2.48. The fourth-order valence-electron chi connectivity index (χ4n) is 9.91. The Morgan fingerprint density at radius 1 is 1.20 bits per heavy atom. The lowest BCUT2D eigenvalue weighted by Gasteiger charge is -2.44. The van der Waals surface area contributed by atoms with Gasteiger partial charge in [0.2, 0.25) is 0 Å². The molecule has 1 aliphatic carbocycles. The van der Waals surface area contributed by atoms with E-state index in [1.807, 2.05) is 11.0 Å². The number of fused-ring (bicyclic) bond motifs is 5. The van der Waals surface area contributed by atoms with E-state index in [2.05, 4.69) is 20.2 Å². The monoisotopic (exact) mass is 856 g/mol. The van der Waals surface area contributed by atoms with E-state index in [0.29, 0.717) is 31.9 Å². The first-order valence-corrected chi connectivity index (χ1v) is 20.5. The number of hydrogen-bond acceptors (Lipinski definition) is 12. The maximum Gasteiger partial charge on any atom is 0.346 e. The number of rotatable bonds is 10. The summed E-state index contributed by atoms with van der Waals surface area (Å²) in [5, 5.41) is 17.6. The van der Waals surface area contributed by atoms with E-state index in [-0.39, 0.29) is 91.3 Å². The first-order valence-electron chi connectivity index (χ1n) is 19.3. The molecule has 2 aromatic carbocycles. The Bertz CT molecular complexity index is 2500. The van der Waals surface area contributed by atoms with Crippen molar-refractivity contribution < 1.29 is 36.2 Å². The number of benzene rings is 2. The number of ether oxygens (including phenoxy) is 2. The standard InChI is InChI=1S/C39H38ClF5N10O3S/c1-57-10-9-54(38(56)55-17-27(34(44)45)50-51-55)32-19-3-4-20(32)15-52(14-19)36-23-11-25(40)29(22-5-6-26(42)33-28(22)24(13-46)35(47)59-33)30(43)31(23)48-37(49-36)58-18-39-7-2-8-53(39)16-21(41)12-39/h5-6,11,17,19-21,32,34H,2-4,7-10,12,14-16,18,47H2,1H3/t19?,20?,21-,32?,39+/m1/s1. The Labute approximate surface area is 343 Å². The van der Waals surface area contributed by atoms with Crippen LogP contribution >= 0.6 is 22.9 Å². The molecule has 310 valence electrons. The summed E-state index contributed by atoms with van der Waals surface area (Å²) < 4.78 is 86.4. The molecule has 4 atom stereocenters. The molecule has 6 heterocycles. The van der Waals surface area contributed by atoms with Crippen molar-refractivity contribution in [2.75, 3.05) is 63.7 Å². The molecular formula is C39H38ClF5N10O3S. The fraction of sp³-hybridized carbons (Fsp3) is 0.487. The molecule has 4 aliphatic rings. The first kappa shape index (κ1) is 39.6. The molecule has 4 fully saturated rings. The third kappa shape index (κ3) is 6.68. The molecule has 3 aliphatic heterocycles. The molecule has 20 heteroatoms. The van der Waals surface area contributed by atoms with Crippen LogP contribution in [0.15, 0.2) is 24.4 Å². The van der Waals surface area contributed by atoms with Gasteiger partial charge in [0.05, 0.1) is 33.6 Å². The Kier molecular flexibility index (Phi) is 10.2. The second kappa shape index (κ2) is 15.3. The van der Waals surface area contributed by atoms with Gasteiger partial charge in [-0.15, -0.1) is 16.4 Å². The predicted molar refractivity (Wildman–Crippen MR) is 210 cm³/mol.